The van der Waals surface area contributed by atoms with Crippen molar-refractivity contribution in [3.05, 3.63) is 71.3 Å². The molecule has 176 valence electrons. The highest BCUT2D eigenvalue weighted by Gasteiger charge is 2.37. The van der Waals surface area contributed by atoms with Gasteiger partial charge in [0, 0.05) is 0 Å². The van der Waals surface area contributed by atoms with E-state index < -0.39 is 31.9 Å². The predicted octanol–water partition coefficient (Wildman–Crippen LogP) is 6.44. The van der Waals surface area contributed by atoms with Crippen molar-refractivity contribution in [2.24, 2.45) is 5.92 Å². The van der Waals surface area contributed by atoms with Crippen LogP contribution in [0.25, 0.3) is 0 Å². The molecule has 0 aliphatic heterocycles. The second-order valence-corrected chi connectivity index (χ2v) is 15.9. The van der Waals surface area contributed by atoms with Crippen LogP contribution in [-0.2, 0) is 27.0 Å². The number of hydrogen-bond acceptors (Lipinski definition) is 4. The summed E-state index contributed by atoms with van der Waals surface area (Å²) in [5.74, 6) is -1.09. The number of aliphatic hydroxyl groups is 1. The molecule has 2 atom stereocenters. The molecule has 32 heavy (non-hydrogen) atoms. The first-order valence-corrected chi connectivity index (χ1v) is 14.3. The summed E-state index contributed by atoms with van der Waals surface area (Å²) in [6.45, 7) is 17.2. The fourth-order valence-corrected chi connectivity index (χ4v) is 4.12. The van der Waals surface area contributed by atoms with Gasteiger partial charge in [0.25, 0.3) is 0 Å². The Bertz CT molecular complexity index is 879. The number of esters is 1. The molecule has 4 nitrogen and oxygen atoms in total. The summed E-state index contributed by atoms with van der Waals surface area (Å²) in [5, 5.41) is 11.2. The van der Waals surface area contributed by atoms with E-state index in [1.807, 2.05) is 69.3 Å². The standard InChI is InChI=1S/C27H40O4Si/c1-26(2,3)31-25(29)23(24(28)22-15-10-9-11-16-22)18-20-13-12-14-21(17-20)19-30-32(7,8)27(4,5)6/h9-17,23-24,28H,18-19H2,1-8H3/t23-,24+/m0/s1. The molecule has 0 saturated heterocycles. The van der Waals surface area contributed by atoms with Gasteiger partial charge in [0.2, 0.25) is 0 Å². The summed E-state index contributed by atoms with van der Waals surface area (Å²) < 4.78 is 12.0. The topological polar surface area (TPSA) is 55.8 Å². The van der Waals surface area contributed by atoms with Crippen LogP contribution >= 0.6 is 0 Å². The van der Waals surface area contributed by atoms with Gasteiger partial charge >= 0.3 is 5.97 Å². The lowest BCUT2D eigenvalue weighted by Gasteiger charge is -2.36. The fraction of sp³-hybridized carbons (Fsp3) is 0.519. The van der Waals surface area contributed by atoms with E-state index in [1.165, 1.54) is 0 Å². The Kier molecular flexibility index (Phi) is 8.48. The normalized spacial score (nSPS) is 14.7. The Morgan fingerprint density at radius 1 is 0.938 bits per heavy atom. The number of hydrogen-bond donors (Lipinski definition) is 1. The van der Waals surface area contributed by atoms with Crippen LogP contribution in [0.3, 0.4) is 0 Å². The Morgan fingerprint density at radius 3 is 2.09 bits per heavy atom. The van der Waals surface area contributed by atoms with Crippen LogP contribution < -0.4 is 0 Å². The Labute approximate surface area is 195 Å². The van der Waals surface area contributed by atoms with Gasteiger partial charge in [0.15, 0.2) is 8.32 Å². The van der Waals surface area contributed by atoms with Gasteiger partial charge in [0.05, 0.1) is 18.6 Å². The molecule has 5 heteroatoms. The number of carbonyl (C=O) groups is 1. The zero-order valence-electron chi connectivity index (χ0n) is 20.9. The third-order valence-corrected chi connectivity index (χ3v) is 10.6. The molecule has 0 heterocycles. The van der Waals surface area contributed by atoms with Crippen LogP contribution in [0.1, 0.15) is 64.3 Å². The van der Waals surface area contributed by atoms with Crippen LogP contribution in [0.4, 0.5) is 0 Å². The van der Waals surface area contributed by atoms with E-state index in [0.717, 1.165) is 11.1 Å². The first-order valence-electron chi connectivity index (χ1n) is 11.4. The molecular weight excluding hydrogens is 416 g/mol. The molecule has 0 fully saturated rings. The summed E-state index contributed by atoms with van der Waals surface area (Å²) in [7, 11) is -1.86. The molecule has 2 rings (SSSR count). The first kappa shape index (κ1) is 26.3. The number of benzene rings is 2. The molecule has 0 radical (unpaired) electrons. The summed E-state index contributed by atoms with van der Waals surface area (Å²) in [4.78, 5) is 13.0. The predicted molar refractivity (Wildman–Crippen MR) is 133 cm³/mol. The van der Waals surface area contributed by atoms with E-state index in [9.17, 15) is 9.90 Å². The monoisotopic (exact) mass is 456 g/mol. The summed E-state index contributed by atoms with van der Waals surface area (Å²) in [5.41, 5.74) is 2.14. The molecule has 0 saturated carbocycles. The van der Waals surface area contributed by atoms with Gasteiger partial charge in [-0.25, -0.2) is 0 Å². The maximum Gasteiger partial charge on any atom is 0.312 e. The van der Waals surface area contributed by atoms with E-state index in [0.29, 0.717) is 18.6 Å². The minimum Gasteiger partial charge on any atom is -0.460 e. The van der Waals surface area contributed by atoms with Crippen molar-refractivity contribution < 1.29 is 19.1 Å². The van der Waals surface area contributed by atoms with Crippen LogP contribution in [-0.4, -0.2) is 25.0 Å². The average molecular weight is 457 g/mol. The molecule has 0 bridgehead atoms. The summed E-state index contributed by atoms with van der Waals surface area (Å²) >= 11 is 0. The Balaban J connectivity index is 2.23. The van der Waals surface area contributed by atoms with Crippen molar-refractivity contribution in [2.75, 3.05) is 0 Å². The van der Waals surface area contributed by atoms with Gasteiger partial charge in [-0.2, -0.15) is 0 Å². The van der Waals surface area contributed by atoms with Gasteiger partial charge in [-0.05, 0) is 62.0 Å². The molecule has 0 aromatic heterocycles. The lowest BCUT2D eigenvalue weighted by molar-refractivity contribution is -0.164. The molecule has 1 N–H and O–H groups in total. The van der Waals surface area contributed by atoms with Crippen molar-refractivity contribution in [3.63, 3.8) is 0 Å². The number of aliphatic hydroxyl groups excluding tert-OH is 1. The summed E-state index contributed by atoms with van der Waals surface area (Å²) in [6, 6.07) is 17.4. The highest BCUT2D eigenvalue weighted by atomic mass is 28.4. The number of rotatable bonds is 8. The van der Waals surface area contributed by atoms with E-state index >= 15 is 0 Å². The van der Waals surface area contributed by atoms with Crippen molar-refractivity contribution in [2.45, 2.75) is 84.4 Å². The highest BCUT2D eigenvalue weighted by Crippen LogP contribution is 2.37. The Hall–Kier alpha value is -1.95. The van der Waals surface area contributed by atoms with Gasteiger partial charge in [0.1, 0.15) is 5.60 Å². The maximum absolute atomic E-state index is 13.0. The van der Waals surface area contributed by atoms with Gasteiger partial charge in [-0.3, -0.25) is 4.79 Å². The third kappa shape index (κ3) is 7.57. The lowest BCUT2D eigenvalue weighted by Crippen LogP contribution is -2.40. The minimum atomic E-state index is -1.86. The maximum atomic E-state index is 13.0. The van der Waals surface area contributed by atoms with Crippen LogP contribution in [0, 0.1) is 5.92 Å². The van der Waals surface area contributed by atoms with Crippen molar-refractivity contribution in [3.8, 4) is 0 Å². The summed E-state index contributed by atoms with van der Waals surface area (Å²) in [6.07, 6.45) is -0.558. The quantitative estimate of drug-likeness (QED) is 0.367. The SMILES string of the molecule is CC(C)(C)OC(=O)[C@@H](Cc1cccc(CO[Si](C)(C)C(C)(C)C)c1)[C@H](O)c1ccccc1. The molecule has 0 spiro atoms. The minimum absolute atomic E-state index is 0.145. The molecule has 0 aliphatic rings. The van der Waals surface area contributed by atoms with E-state index in [4.69, 9.17) is 9.16 Å². The largest absolute Gasteiger partial charge is 0.460 e. The van der Waals surface area contributed by atoms with Crippen LogP contribution in [0.2, 0.25) is 18.1 Å². The zero-order chi connectivity index (χ0) is 24.2. The van der Waals surface area contributed by atoms with Crippen LogP contribution in [0.15, 0.2) is 54.6 Å². The second-order valence-electron chi connectivity index (χ2n) is 11.1. The molecule has 2 aromatic carbocycles. The van der Waals surface area contributed by atoms with Gasteiger partial charge in [-0.1, -0.05) is 75.4 Å². The highest BCUT2D eigenvalue weighted by molar-refractivity contribution is 6.74. The fourth-order valence-electron chi connectivity index (χ4n) is 3.16. The van der Waals surface area contributed by atoms with E-state index in [2.05, 4.69) is 39.9 Å². The second kappa shape index (κ2) is 10.3. The Morgan fingerprint density at radius 2 is 1.53 bits per heavy atom. The molecular formula is C27H40O4Si. The van der Waals surface area contributed by atoms with Crippen molar-refractivity contribution >= 4 is 14.3 Å². The third-order valence-electron chi connectivity index (χ3n) is 6.08. The first-order chi connectivity index (χ1) is 14.7. The van der Waals surface area contributed by atoms with Gasteiger partial charge < -0.3 is 14.3 Å². The van der Waals surface area contributed by atoms with Crippen molar-refractivity contribution in [1.29, 1.82) is 0 Å². The molecule has 0 unspecified atom stereocenters. The lowest BCUT2D eigenvalue weighted by atomic mass is 9.89. The number of carbonyl (C=O) groups excluding carboxylic acids is 1. The molecule has 0 amide bonds. The van der Waals surface area contributed by atoms with Crippen LogP contribution in [0.5, 0.6) is 0 Å². The van der Waals surface area contributed by atoms with Crippen molar-refractivity contribution in [1.82, 2.24) is 0 Å². The van der Waals surface area contributed by atoms with E-state index in [-0.39, 0.29) is 5.04 Å². The zero-order valence-corrected chi connectivity index (χ0v) is 21.9. The number of ether oxygens (including phenoxy) is 1. The molecule has 0 aliphatic carbocycles. The van der Waals surface area contributed by atoms with E-state index in [1.54, 1.807) is 0 Å². The smallest absolute Gasteiger partial charge is 0.312 e. The molecule has 2 aromatic rings. The van der Waals surface area contributed by atoms with Gasteiger partial charge in [-0.15, -0.1) is 0 Å². The average Bonchev–Trinajstić information content (AvgIpc) is 2.69.